The molecule has 2 saturated heterocycles. The molecule has 0 aromatic heterocycles. The molecule has 0 aromatic carbocycles. The van der Waals surface area contributed by atoms with Gasteiger partial charge >= 0.3 is 0 Å². The molecule has 0 aromatic rings. The number of nitrogens with two attached hydrogens (primary N) is 1. The molecule has 0 radical (unpaired) electrons. The number of nitrogens with zero attached hydrogens (tertiary/aromatic N) is 3. The summed E-state index contributed by atoms with van der Waals surface area (Å²) in [6.07, 6.45) is 6.34. The summed E-state index contributed by atoms with van der Waals surface area (Å²) in [6.45, 7) is 5.99. The second-order valence-electron chi connectivity index (χ2n) is 5.57. The third kappa shape index (κ3) is 5.37. The number of hydrogen-bond acceptors (Lipinski definition) is 3. The van der Waals surface area contributed by atoms with Crippen LogP contribution in [0.1, 0.15) is 32.1 Å². The van der Waals surface area contributed by atoms with Crippen molar-refractivity contribution in [1.82, 2.24) is 9.80 Å². The van der Waals surface area contributed by atoms with E-state index in [1.807, 2.05) is 0 Å². The average Bonchev–Trinajstić information content (AvgIpc) is 2.91. The van der Waals surface area contributed by atoms with Gasteiger partial charge in [-0.1, -0.05) is 0 Å². The molecule has 1 unspecified atom stereocenters. The van der Waals surface area contributed by atoms with Crippen LogP contribution in [0, 0.1) is 0 Å². The first-order valence-corrected chi connectivity index (χ1v) is 7.59. The normalized spacial score (nSPS) is 24.8. The van der Waals surface area contributed by atoms with Gasteiger partial charge in [-0.25, -0.2) is 0 Å². The van der Waals surface area contributed by atoms with Crippen molar-refractivity contribution in [3.63, 3.8) is 0 Å². The number of ether oxygens (including phenoxy) is 1. The van der Waals surface area contributed by atoms with Gasteiger partial charge in [-0.15, -0.1) is 24.0 Å². The zero-order valence-corrected chi connectivity index (χ0v) is 14.9. The van der Waals surface area contributed by atoms with Crippen LogP contribution in [0.15, 0.2) is 4.99 Å². The van der Waals surface area contributed by atoms with Crippen molar-refractivity contribution >= 4 is 29.9 Å². The summed E-state index contributed by atoms with van der Waals surface area (Å²) >= 11 is 0. The Morgan fingerprint density at radius 2 is 1.95 bits per heavy atom. The van der Waals surface area contributed by atoms with Gasteiger partial charge in [0.2, 0.25) is 0 Å². The van der Waals surface area contributed by atoms with Crippen molar-refractivity contribution in [2.75, 3.05) is 46.4 Å². The molecule has 1 atom stereocenters. The maximum atomic E-state index is 6.10. The van der Waals surface area contributed by atoms with Crippen molar-refractivity contribution in [1.29, 1.82) is 0 Å². The Hall–Kier alpha value is -0.0800. The predicted molar refractivity (Wildman–Crippen MR) is 93.8 cm³/mol. The summed E-state index contributed by atoms with van der Waals surface area (Å²) in [5.41, 5.74) is 6.10. The maximum Gasteiger partial charge on any atom is 0.191 e. The molecule has 20 heavy (non-hydrogen) atoms. The average molecular weight is 396 g/mol. The molecule has 0 spiro atoms. The van der Waals surface area contributed by atoms with Gasteiger partial charge in [-0.05, 0) is 38.6 Å². The number of piperidine rings is 1. The topological polar surface area (TPSA) is 54.1 Å². The van der Waals surface area contributed by atoms with E-state index in [2.05, 4.69) is 14.8 Å². The summed E-state index contributed by atoms with van der Waals surface area (Å²) in [5, 5.41) is 0. The smallest absolute Gasteiger partial charge is 0.191 e. The molecule has 5 nitrogen and oxygen atoms in total. The third-order valence-electron chi connectivity index (χ3n) is 4.23. The highest BCUT2D eigenvalue weighted by molar-refractivity contribution is 14.0. The minimum absolute atomic E-state index is 0. The SMILES string of the molecule is COCCN1CCCC1CN=C(N)N1CCCCC1.I. The minimum Gasteiger partial charge on any atom is -0.383 e. The van der Waals surface area contributed by atoms with E-state index in [1.54, 1.807) is 7.11 Å². The molecule has 118 valence electrons. The summed E-state index contributed by atoms with van der Waals surface area (Å²) in [4.78, 5) is 9.34. The van der Waals surface area contributed by atoms with Crippen LogP contribution in [0.5, 0.6) is 0 Å². The Morgan fingerprint density at radius 3 is 2.65 bits per heavy atom. The fourth-order valence-corrected chi connectivity index (χ4v) is 3.03. The maximum absolute atomic E-state index is 6.10. The number of halogens is 1. The first kappa shape index (κ1) is 18.0. The standard InChI is InChI=1S/C14H28N4O.HI/c1-19-11-10-17-9-5-6-13(17)12-16-14(15)18-7-3-2-4-8-18;/h13H,2-12H2,1H3,(H2,15,16);1H. The van der Waals surface area contributed by atoms with Gasteiger partial charge in [0, 0.05) is 32.8 Å². The molecule has 2 aliphatic heterocycles. The predicted octanol–water partition coefficient (Wildman–Crippen LogP) is 1.52. The first-order valence-electron chi connectivity index (χ1n) is 7.59. The highest BCUT2D eigenvalue weighted by atomic mass is 127. The second-order valence-corrected chi connectivity index (χ2v) is 5.57. The van der Waals surface area contributed by atoms with Gasteiger partial charge in [0.05, 0.1) is 13.2 Å². The monoisotopic (exact) mass is 396 g/mol. The number of aliphatic imine (C=N–C) groups is 1. The molecule has 2 aliphatic rings. The van der Waals surface area contributed by atoms with E-state index in [1.165, 1.54) is 38.6 Å². The molecule has 2 fully saturated rings. The molecule has 2 rings (SSSR count). The molecule has 0 amide bonds. The lowest BCUT2D eigenvalue weighted by atomic mass is 10.1. The van der Waals surface area contributed by atoms with Crippen LogP contribution >= 0.6 is 24.0 Å². The Morgan fingerprint density at radius 1 is 1.20 bits per heavy atom. The van der Waals surface area contributed by atoms with Gasteiger partial charge < -0.3 is 15.4 Å². The Labute approximate surface area is 139 Å². The molecule has 0 bridgehead atoms. The largest absolute Gasteiger partial charge is 0.383 e. The summed E-state index contributed by atoms with van der Waals surface area (Å²) in [6, 6.07) is 0.554. The van der Waals surface area contributed by atoms with Crippen LogP contribution in [0.3, 0.4) is 0 Å². The zero-order valence-electron chi connectivity index (χ0n) is 12.6. The van der Waals surface area contributed by atoms with Crippen LogP contribution in [0.4, 0.5) is 0 Å². The summed E-state index contributed by atoms with van der Waals surface area (Å²) in [7, 11) is 1.76. The van der Waals surface area contributed by atoms with Crippen LogP contribution in [0.25, 0.3) is 0 Å². The molecule has 2 N–H and O–H groups in total. The molecule has 6 heteroatoms. The first-order chi connectivity index (χ1) is 9.31. The van der Waals surface area contributed by atoms with Gasteiger partial charge in [0.15, 0.2) is 5.96 Å². The Bertz CT molecular complexity index is 295. The van der Waals surface area contributed by atoms with Crippen LogP contribution < -0.4 is 5.73 Å². The number of likely N-dealkylation sites (tertiary alicyclic amines) is 2. The molecule has 2 heterocycles. The van der Waals surface area contributed by atoms with Crippen molar-refractivity contribution in [2.24, 2.45) is 10.7 Å². The number of hydrogen-bond donors (Lipinski definition) is 1. The zero-order chi connectivity index (χ0) is 13.5. The van der Waals surface area contributed by atoms with E-state index in [0.29, 0.717) is 6.04 Å². The lowest BCUT2D eigenvalue weighted by Crippen LogP contribution is -2.42. The van der Waals surface area contributed by atoms with Crippen molar-refractivity contribution in [3.8, 4) is 0 Å². The molecule has 0 saturated carbocycles. The van der Waals surface area contributed by atoms with E-state index in [0.717, 1.165) is 38.7 Å². The van der Waals surface area contributed by atoms with Gasteiger partial charge in [-0.2, -0.15) is 0 Å². The van der Waals surface area contributed by atoms with Gasteiger partial charge in [0.1, 0.15) is 0 Å². The second kappa shape index (κ2) is 9.78. The fraction of sp³-hybridized carbons (Fsp3) is 0.929. The van der Waals surface area contributed by atoms with Crippen LogP contribution in [-0.2, 0) is 4.74 Å². The fourth-order valence-electron chi connectivity index (χ4n) is 3.03. The van der Waals surface area contributed by atoms with Crippen molar-refractivity contribution < 1.29 is 4.74 Å². The van der Waals surface area contributed by atoms with E-state index < -0.39 is 0 Å². The van der Waals surface area contributed by atoms with Crippen molar-refractivity contribution in [2.45, 2.75) is 38.1 Å². The number of rotatable bonds is 5. The molecule has 0 aliphatic carbocycles. The number of guanidine groups is 1. The number of methoxy groups -OCH3 is 1. The van der Waals surface area contributed by atoms with Gasteiger partial charge in [-0.3, -0.25) is 9.89 Å². The summed E-state index contributed by atoms with van der Waals surface area (Å²) in [5.74, 6) is 0.748. The van der Waals surface area contributed by atoms with Crippen LogP contribution in [-0.4, -0.2) is 68.2 Å². The van der Waals surface area contributed by atoms with E-state index in [-0.39, 0.29) is 24.0 Å². The highest BCUT2D eigenvalue weighted by Crippen LogP contribution is 2.17. The van der Waals surface area contributed by atoms with E-state index in [4.69, 9.17) is 10.5 Å². The van der Waals surface area contributed by atoms with E-state index in [9.17, 15) is 0 Å². The third-order valence-corrected chi connectivity index (χ3v) is 4.23. The van der Waals surface area contributed by atoms with Crippen LogP contribution in [0.2, 0.25) is 0 Å². The van der Waals surface area contributed by atoms with E-state index >= 15 is 0 Å². The minimum atomic E-state index is 0. The Balaban J connectivity index is 0.00000200. The lowest BCUT2D eigenvalue weighted by Gasteiger charge is -2.28. The Kier molecular flexibility index (Phi) is 8.79. The van der Waals surface area contributed by atoms with Crippen molar-refractivity contribution in [3.05, 3.63) is 0 Å². The van der Waals surface area contributed by atoms with Gasteiger partial charge in [0.25, 0.3) is 0 Å². The quantitative estimate of drug-likeness (QED) is 0.435. The molecular weight excluding hydrogens is 367 g/mol. The molecular formula is C14H29IN4O. The summed E-state index contributed by atoms with van der Waals surface area (Å²) < 4.78 is 5.16. The highest BCUT2D eigenvalue weighted by Gasteiger charge is 2.24. The lowest BCUT2D eigenvalue weighted by molar-refractivity contribution is 0.142.